The number of aromatic nitrogens is 2. The highest BCUT2D eigenvalue weighted by Gasteiger charge is 2.09. The fraction of sp³-hybridized carbons (Fsp3) is 0.0909. The van der Waals surface area contributed by atoms with E-state index in [1.165, 1.54) is 0 Å². The van der Waals surface area contributed by atoms with E-state index >= 15 is 0 Å². The lowest BCUT2D eigenvalue weighted by molar-refractivity contribution is 0.441. The van der Waals surface area contributed by atoms with Crippen LogP contribution in [0.25, 0.3) is 0 Å². The summed E-state index contributed by atoms with van der Waals surface area (Å²) >= 11 is 15.2. The van der Waals surface area contributed by atoms with E-state index in [1.54, 1.807) is 24.5 Å². The SMILES string of the molecule is NCc1cnc(Oc2cc(Cl)c(Br)cc2Cl)nc1. The number of hydrogen-bond acceptors (Lipinski definition) is 4. The summed E-state index contributed by atoms with van der Waals surface area (Å²) in [5, 5.41) is 0.908. The smallest absolute Gasteiger partial charge is 0.321 e. The molecule has 1 aromatic heterocycles. The summed E-state index contributed by atoms with van der Waals surface area (Å²) in [4.78, 5) is 8.02. The summed E-state index contributed by atoms with van der Waals surface area (Å²) in [5.41, 5.74) is 6.27. The molecule has 0 fully saturated rings. The van der Waals surface area contributed by atoms with Gasteiger partial charge < -0.3 is 10.5 Å². The van der Waals surface area contributed by atoms with Gasteiger partial charge in [-0.3, -0.25) is 0 Å². The maximum absolute atomic E-state index is 6.02. The van der Waals surface area contributed by atoms with E-state index in [9.17, 15) is 0 Å². The van der Waals surface area contributed by atoms with Gasteiger partial charge in [0.25, 0.3) is 0 Å². The van der Waals surface area contributed by atoms with E-state index in [0.29, 0.717) is 26.8 Å². The second-order valence-corrected chi connectivity index (χ2v) is 5.05. The number of rotatable bonds is 3. The van der Waals surface area contributed by atoms with Crippen LogP contribution in [0.4, 0.5) is 0 Å². The number of benzene rings is 1. The van der Waals surface area contributed by atoms with Crippen molar-refractivity contribution in [3.05, 3.63) is 44.6 Å². The zero-order valence-corrected chi connectivity index (χ0v) is 12.1. The van der Waals surface area contributed by atoms with Gasteiger partial charge >= 0.3 is 6.01 Å². The lowest BCUT2D eigenvalue weighted by Crippen LogP contribution is -1.99. The standard InChI is InChI=1S/C11H8BrCl2N3O/c12-7-1-9(14)10(2-8(7)13)18-11-16-4-6(3-15)5-17-11/h1-2,4-5H,3,15H2. The topological polar surface area (TPSA) is 61.0 Å². The first-order chi connectivity index (χ1) is 8.60. The van der Waals surface area contributed by atoms with Crippen LogP contribution in [-0.4, -0.2) is 9.97 Å². The minimum absolute atomic E-state index is 0.187. The van der Waals surface area contributed by atoms with Gasteiger partial charge in [0.2, 0.25) is 0 Å². The van der Waals surface area contributed by atoms with Gasteiger partial charge in [0.05, 0.1) is 10.0 Å². The molecule has 0 saturated carbocycles. The Balaban J connectivity index is 2.25. The normalized spacial score (nSPS) is 10.4. The highest BCUT2D eigenvalue weighted by Crippen LogP contribution is 2.35. The molecule has 0 bridgehead atoms. The predicted molar refractivity (Wildman–Crippen MR) is 74.2 cm³/mol. The Bertz CT molecular complexity index is 563. The van der Waals surface area contributed by atoms with E-state index in [2.05, 4.69) is 25.9 Å². The minimum Gasteiger partial charge on any atom is -0.423 e. The van der Waals surface area contributed by atoms with Gasteiger partial charge in [-0.2, -0.15) is 0 Å². The summed E-state index contributed by atoms with van der Waals surface area (Å²) in [6.07, 6.45) is 3.19. The highest BCUT2D eigenvalue weighted by atomic mass is 79.9. The second kappa shape index (κ2) is 5.84. The Labute approximate surface area is 122 Å². The van der Waals surface area contributed by atoms with Crippen molar-refractivity contribution in [2.24, 2.45) is 5.73 Å². The van der Waals surface area contributed by atoms with Gasteiger partial charge in [-0.15, -0.1) is 0 Å². The molecule has 0 spiro atoms. The van der Waals surface area contributed by atoms with Crippen LogP contribution >= 0.6 is 39.1 Å². The third kappa shape index (κ3) is 3.11. The number of ether oxygens (including phenoxy) is 1. The Morgan fingerprint density at radius 1 is 1.17 bits per heavy atom. The number of halogens is 3. The molecule has 18 heavy (non-hydrogen) atoms. The van der Waals surface area contributed by atoms with Crippen molar-refractivity contribution in [2.45, 2.75) is 6.54 Å². The van der Waals surface area contributed by atoms with Crippen LogP contribution in [0.3, 0.4) is 0 Å². The molecular formula is C11H8BrCl2N3O. The van der Waals surface area contributed by atoms with Crippen LogP contribution in [-0.2, 0) is 6.54 Å². The molecule has 0 aliphatic carbocycles. The Morgan fingerprint density at radius 2 is 1.83 bits per heavy atom. The molecule has 0 aliphatic heterocycles. The average Bonchev–Trinajstić information content (AvgIpc) is 2.37. The van der Waals surface area contributed by atoms with Crippen molar-refractivity contribution in [2.75, 3.05) is 0 Å². The van der Waals surface area contributed by atoms with Gasteiger partial charge in [0, 0.05) is 35.0 Å². The van der Waals surface area contributed by atoms with E-state index in [1.807, 2.05) is 0 Å². The molecule has 1 heterocycles. The zero-order chi connectivity index (χ0) is 13.1. The molecule has 0 unspecified atom stereocenters. The maximum atomic E-state index is 6.02. The van der Waals surface area contributed by atoms with Gasteiger partial charge in [-0.05, 0) is 22.0 Å². The van der Waals surface area contributed by atoms with Crippen molar-refractivity contribution in [1.82, 2.24) is 9.97 Å². The van der Waals surface area contributed by atoms with Gasteiger partial charge in [0.1, 0.15) is 0 Å². The van der Waals surface area contributed by atoms with E-state index in [0.717, 1.165) is 5.56 Å². The Hall–Kier alpha value is -0.880. The quantitative estimate of drug-likeness (QED) is 0.857. The van der Waals surface area contributed by atoms with E-state index < -0.39 is 0 Å². The molecule has 0 aliphatic rings. The fourth-order valence-electron chi connectivity index (χ4n) is 1.18. The van der Waals surface area contributed by atoms with Crippen LogP contribution in [0, 0.1) is 0 Å². The highest BCUT2D eigenvalue weighted by molar-refractivity contribution is 9.10. The molecule has 0 radical (unpaired) electrons. The fourth-order valence-corrected chi connectivity index (χ4v) is 2.01. The molecule has 0 amide bonds. The minimum atomic E-state index is 0.187. The Kier molecular flexibility index (Phi) is 4.40. The molecule has 2 N–H and O–H groups in total. The van der Waals surface area contributed by atoms with Crippen LogP contribution < -0.4 is 10.5 Å². The first-order valence-corrected chi connectivity index (χ1v) is 6.48. The maximum Gasteiger partial charge on any atom is 0.321 e. The Morgan fingerprint density at radius 3 is 2.44 bits per heavy atom. The third-order valence-corrected chi connectivity index (χ3v) is 3.59. The summed E-state index contributed by atoms with van der Waals surface area (Å²) in [5.74, 6) is 0.394. The summed E-state index contributed by atoms with van der Waals surface area (Å²) in [6.45, 7) is 0.380. The zero-order valence-electron chi connectivity index (χ0n) is 9.03. The largest absolute Gasteiger partial charge is 0.423 e. The first kappa shape index (κ1) is 13.5. The van der Waals surface area contributed by atoms with Crippen molar-refractivity contribution in [1.29, 1.82) is 0 Å². The van der Waals surface area contributed by atoms with Crippen molar-refractivity contribution >= 4 is 39.1 Å². The molecule has 7 heteroatoms. The molecule has 2 rings (SSSR count). The lowest BCUT2D eigenvalue weighted by atomic mass is 10.3. The van der Waals surface area contributed by atoms with Crippen molar-refractivity contribution < 1.29 is 4.74 Å². The molecule has 0 saturated heterocycles. The van der Waals surface area contributed by atoms with Crippen LogP contribution in [0.5, 0.6) is 11.8 Å². The first-order valence-electron chi connectivity index (χ1n) is 4.93. The molecule has 94 valence electrons. The third-order valence-electron chi connectivity index (χ3n) is 2.09. The molecular weight excluding hydrogens is 341 g/mol. The van der Waals surface area contributed by atoms with Crippen molar-refractivity contribution in [3.8, 4) is 11.8 Å². The number of hydrogen-bond donors (Lipinski definition) is 1. The predicted octanol–water partition coefficient (Wildman–Crippen LogP) is 3.80. The van der Waals surface area contributed by atoms with E-state index in [-0.39, 0.29) is 6.01 Å². The number of nitrogens with zero attached hydrogens (tertiary/aromatic N) is 2. The van der Waals surface area contributed by atoms with Gasteiger partial charge in [0.15, 0.2) is 5.75 Å². The molecule has 0 atom stereocenters. The lowest BCUT2D eigenvalue weighted by Gasteiger charge is -2.07. The van der Waals surface area contributed by atoms with Crippen LogP contribution in [0.15, 0.2) is 29.0 Å². The molecule has 1 aromatic carbocycles. The van der Waals surface area contributed by atoms with Crippen molar-refractivity contribution in [3.63, 3.8) is 0 Å². The summed E-state index contributed by atoms with van der Waals surface area (Å²) in [6, 6.07) is 3.43. The second-order valence-electron chi connectivity index (χ2n) is 3.38. The van der Waals surface area contributed by atoms with Gasteiger partial charge in [-0.1, -0.05) is 23.2 Å². The van der Waals surface area contributed by atoms with Gasteiger partial charge in [-0.25, -0.2) is 9.97 Å². The number of nitrogens with two attached hydrogens (primary N) is 1. The summed E-state index contributed by atoms with van der Waals surface area (Å²) in [7, 11) is 0. The van der Waals surface area contributed by atoms with Crippen LogP contribution in [0.1, 0.15) is 5.56 Å². The van der Waals surface area contributed by atoms with Crippen LogP contribution in [0.2, 0.25) is 10.0 Å². The molecule has 2 aromatic rings. The van der Waals surface area contributed by atoms with E-state index in [4.69, 9.17) is 33.7 Å². The molecule has 4 nitrogen and oxygen atoms in total. The summed E-state index contributed by atoms with van der Waals surface area (Å²) < 4.78 is 6.14. The average molecular weight is 349 g/mol. The monoisotopic (exact) mass is 347 g/mol.